The van der Waals surface area contributed by atoms with Crippen molar-refractivity contribution in [3.8, 4) is 17.1 Å². The van der Waals surface area contributed by atoms with Crippen LogP contribution in [0.25, 0.3) is 17.1 Å². The molecule has 0 bridgehead atoms. The Kier molecular flexibility index (Phi) is 7.42. The van der Waals surface area contributed by atoms with Crippen molar-refractivity contribution in [1.82, 2.24) is 19.7 Å². The van der Waals surface area contributed by atoms with E-state index < -0.39 is 0 Å². The summed E-state index contributed by atoms with van der Waals surface area (Å²) in [5.41, 5.74) is 3.73. The summed E-state index contributed by atoms with van der Waals surface area (Å²) in [6.07, 6.45) is 4.53. The number of carbonyl (C=O) groups excluding carboxylic acids is 1. The van der Waals surface area contributed by atoms with E-state index in [1.165, 1.54) is 17.3 Å². The summed E-state index contributed by atoms with van der Waals surface area (Å²) in [5.74, 6) is 1.24. The summed E-state index contributed by atoms with van der Waals surface area (Å²) < 4.78 is 1.91. The molecule has 1 N–H and O–H groups in total. The molecule has 0 aliphatic rings. The lowest BCUT2D eigenvalue weighted by atomic mass is 9.99. The summed E-state index contributed by atoms with van der Waals surface area (Å²) in [5, 5.41) is 12.9. The van der Waals surface area contributed by atoms with Gasteiger partial charge in [-0.05, 0) is 66.4 Å². The maximum Gasteiger partial charge on any atom is 0.234 e. The molecule has 8 heteroatoms. The van der Waals surface area contributed by atoms with Gasteiger partial charge in [-0.3, -0.25) is 14.3 Å². The van der Waals surface area contributed by atoms with E-state index in [9.17, 15) is 4.79 Å². The van der Waals surface area contributed by atoms with E-state index in [1.54, 1.807) is 12.4 Å². The largest absolute Gasteiger partial charge is 0.325 e. The Morgan fingerprint density at radius 1 is 1.09 bits per heavy atom. The molecule has 0 aliphatic heterocycles. The molecule has 1 amide bonds. The molecule has 1 atom stereocenters. The molecule has 0 radical (unpaired) electrons. The van der Waals surface area contributed by atoms with Gasteiger partial charge in [0.05, 0.1) is 5.75 Å². The molecule has 0 fully saturated rings. The van der Waals surface area contributed by atoms with Crippen molar-refractivity contribution < 1.29 is 4.79 Å². The first-order chi connectivity index (χ1) is 16.0. The first kappa shape index (κ1) is 23.0. The fraction of sp³-hybridized carbons (Fsp3) is 0.200. The van der Waals surface area contributed by atoms with Crippen LogP contribution in [0.2, 0.25) is 5.02 Å². The zero-order chi connectivity index (χ0) is 23.2. The molecule has 1 unspecified atom stereocenters. The lowest BCUT2D eigenvalue weighted by Gasteiger charge is -2.11. The van der Waals surface area contributed by atoms with Crippen LogP contribution in [-0.2, 0) is 4.79 Å². The number of carbonyl (C=O) groups is 1. The summed E-state index contributed by atoms with van der Waals surface area (Å²) in [4.78, 5) is 16.8. The number of nitrogens with one attached hydrogen (secondary N) is 1. The topological polar surface area (TPSA) is 72.7 Å². The molecule has 2 aromatic carbocycles. The van der Waals surface area contributed by atoms with Gasteiger partial charge in [0.1, 0.15) is 0 Å². The van der Waals surface area contributed by atoms with Crippen molar-refractivity contribution in [2.24, 2.45) is 0 Å². The smallest absolute Gasteiger partial charge is 0.234 e. The number of hydrogen-bond acceptors (Lipinski definition) is 5. The first-order valence-corrected chi connectivity index (χ1v) is 12.1. The molecule has 2 heterocycles. The number of amides is 1. The van der Waals surface area contributed by atoms with Crippen molar-refractivity contribution in [2.45, 2.75) is 31.3 Å². The van der Waals surface area contributed by atoms with E-state index in [0.29, 0.717) is 21.9 Å². The van der Waals surface area contributed by atoms with E-state index in [0.717, 1.165) is 23.4 Å². The number of nitrogens with zero attached hydrogens (tertiary/aromatic N) is 4. The van der Waals surface area contributed by atoms with Crippen molar-refractivity contribution >= 4 is 35.0 Å². The highest BCUT2D eigenvalue weighted by atomic mass is 35.5. The second-order valence-corrected chi connectivity index (χ2v) is 9.01. The molecule has 0 saturated carbocycles. The van der Waals surface area contributed by atoms with Crippen LogP contribution in [0.5, 0.6) is 0 Å². The third-order valence-corrected chi connectivity index (χ3v) is 6.53. The number of halogens is 1. The van der Waals surface area contributed by atoms with Gasteiger partial charge in [0.2, 0.25) is 5.91 Å². The molecule has 6 nitrogen and oxygen atoms in total. The van der Waals surface area contributed by atoms with Gasteiger partial charge in [-0.2, -0.15) is 0 Å². The Morgan fingerprint density at radius 3 is 2.52 bits per heavy atom. The quantitative estimate of drug-likeness (QED) is 0.304. The Bertz CT molecular complexity index is 1210. The molecule has 2 aromatic heterocycles. The highest BCUT2D eigenvalue weighted by molar-refractivity contribution is 7.99. The molecule has 168 valence electrons. The second kappa shape index (κ2) is 10.6. The number of hydrogen-bond donors (Lipinski definition) is 1. The van der Waals surface area contributed by atoms with Crippen molar-refractivity contribution in [3.05, 3.63) is 83.6 Å². The average molecular weight is 478 g/mol. The fourth-order valence-electron chi connectivity index (χ4n) is 3.33. The maximum atomic E-state index is 12.6. The minimum Gasteiger partial charge on any atom is -0.325 e. The number of pyridine rings is 1. The Morgan fingerprint density at radius 2 is 1.85 bits per heavy atom. The van der Waals surface area contributed by atoms with Crippen molar-refractivity contribution in [2.75, 3.05) is 11.1 Å². The number of thioether (sulfide) groups is 1. The Hall–Kier alpha value is -3.16. The molecule has 4 aromatic rings. The first-order valence-electron chi connectivity index (χ1n) is 10.7. The monoisotopic (exact) mass is 477 g/mol. The normalized spacial score (nSPS) is 11.8. The van der Waals surface area contributed by atoms with E-state index in [1.807, 2.05) is 53.1 Å². The van der Waals surface area contributed by atoms with E-state index in [-0.39, 0.29) is 11.7 Å². The molecule has 33 heavy (non-hydrogen) atoms. The van der Waals surface area contributed by atoms with Crippen LogP contribution in [0.3, 0.4) is 0 Å². The summed E-state index contributed by atoms with van der Waals surface area (Å²) in [7, 11) is 0. The van der Waals surface area contributed by atoms with Gasteiger partial charge in [0.25, 0.3) is 0 Å². The van der Waals surface area contributed by atoms with Gasteiger partial charge in [0.15, 0.2) is 11.0 Å². The van der Waals surface area contributed by atoms with Crippen molar-refractivity contribution in [3.63, 3.8) is 0 Å². The standard InChI is InChI=1S/C25H24ClN5OS/c1-3-17(2)18-6-10-21(11-7-18)28-23(32)16-33-25-30-29-24(19-5-4-14-27-15-19)31(25)22-12-8-20(26)9-13-22/h4-15,17H,3,16H2,1-2H3,(H,28,32). The van der Waals surface area contributed by atoms with Crippen LogP contribution in [0, 0.1) is 0 Å². The third-order valence-electron chi connectivity index (χ3n) is 5.35. The Balaban J connectivity index is 1.51. The van der Waals surface area contributed by atoms with Crippen LogP contribution >= 0.6 is 23.4 Å². The third kappa shape index (κ3) is 5.61. The summed E-state index contributed by atoms with van der Waals surface area (Å²) in [6.45, 7) is 4.36. The second-order valence-electron chi connectivity index (χ2n) is 7.63. The van der Waals surface area contributed by atoms with Crippen LogP contribution < -0.4 is 5.32 Å². The SMILES string of the molecule is CCC(C)c1ccc(NC(=O)CSc2nnc(-c3cccnc3)n2-c2ccc(Cl)cc2)cc1. The zero-order valence-corrected chi connectivity index (χ0v) is 20.0. The summed E-state index contributed by atoms with van der Waals surface area (Å²) in [6, 6.07) is 19.2. The molecule has 4 rings (SSSR count). The van der Waals surface area contributed by atoms with Crippen LogP contribution in [0.15, 0.2) is 78.2 Å². The predicted molar refractivity (Wildman–Crippen MR) is 134 cm³/mol. The average Bonchev–Trinajstić information content (AvgIpc) is 3.28. The fourth-order valence-corrected chi connectivity index (χ4v) is 4.20. The van der Waals surface area contributed by atoms with E-state index in [4.69, 9.17) is 11.6 Å². The van der Waals surface area contributed by atoms with Gasteiger partial charge in [-0.1, -0.05) is 49.3 Å². The lowest BCUT2D eigenvalue weighted by molar-refractivity contribution is -0.113. The van der Waals surface area contributed by atoms with Crippen molar-refractivity contribution in [1.29, 1.82) is 0 Å². The highest BCUT2D eigenvalue weighted by Gasteiger charge is 2.17. The molecular formula is C25H24ClN5OS. The molecule has 0 saturated heterocycles. The number of benzene rings is 2. The molecular weight excluding hydrogens is 454 g/mol. The van der Waals surface area contributed by atoms with Gasteiger partial charge in [0, 0.05) is 34.4 Å². The minimum atomic E-state index is -0.107. The van der Waals surface area contributed by atoms with E-state index in [2.05, 4.69) is 46.5 Å². The van der Waals surface area contributed by atoms with Gasteiger partial charge in [-0.25, -0.2) is 0 Å². The number of rotatable bonds is 8. The van der Waals surface area contributed by atoms with Gasteiger partial charge < -0.3 is 5.32 Å². The summed E-state index contributed by atoms with van der Waals surface area (Å²) >= 11 is 7.40. The van der Waals surface area contributed by atoms with Crippen LogP contribution in [0.1, 0.15) is 31.7 Å². The minimum absolute atomic E-state index is 0.107. The van der Waals surface area contributed by atoms with Crippen LogP contribution in [-0.4, -0.2) is 31.4 Å². The van der Waals surface area contributed by atoms with Gasteiger partial charge >= 0.3 is 0 Å². The molecule has 0 aliphatic carbocycles. The molecule has 0 spiro atoms. The maximum absolute atomic E-state index is 12.6. The number of anilines is 1. The zero-order valence-electron chi connectivity index (χ0n) is 18.4. The predicted octanol–water partition coefficient (Wildman–Crippen LogP) is 6.23. The highest BCUT2D eigenvalue weighted by Crippen LogP contribution is 2.28. The van der Waals surface area contributed by atoms with Gasteiger partial charge in [-0.15, -0.1) is 10.2 Å². The van der Waals surface area contributed by atoms with Crippen LogP contribution in [0.4, 0.5) is 5.69 Å². The lowest BCUT2D eigenvalue weighted by Crippen LogP contribution is -2.14. The Labute approximate surface area is 202 Å². The number of aromatic nitrogens is 4. The van der Waals surface area contributed by atoms with E-state index >= 15 is 0 Å².